The second kappa shape index (κ2) is 6.59. The van der Waals surface area contributed by atoms with Crippen LogP contribution in [0.3, 0.4) is 0 Å². The smallest absolute Gasteiger partial charge is 0.159 e. The van der Waals surface area contributed by atoms with Gasteiger partial charge in [0, 0.05) is 12.2 Å². The monoisotopic (exact) mass is 298 g/mol. The van der Waals surface area contributed by atoms with E-state index >= 15 is 0 Å². The molecule has 1 aromatic rings. The summed E-state index contributed by atoms with van der Waals surface area (Å²) in [5.41, 5.74) is 0.714. The van der Waals surface area contributed by atoms with Crippen molar-refractivity contribution in [2.75, 3.05) is 19.5 Å². The van der Waals surface area contributed by atoms with Crippen LogP contribution in [-0.4, -0.2) is 34.0 Å². The Balaban J connectivity index is 2.15. The Morgan fingerprint density at radius 3 is 2.75 bits per heavy atom. The van der Waals surface area contributed by atoms with E-state index in [0.717, 1.165) is 19.3 Å². The van der Waals surface area contributed by atoms with Crippen molar-refractivity contribution in [3.63, 3.8) is 0 Å². The van der Waals surface area contributed by atoms with Gasteiger partial charge in [0.15, 0.2) is 9.84 Å². The van der Waals surface area contributed by atoms with Gasteiger partial charge in [-0.1, -0.05) is 18.2 Å². The summed E-state index contributed by atoms with van der Waals surface area (Å²) in [5, 5.41) is -0.579. The van der Waals surface area contributed by atoms with Crippen molar-refractivity contribution in [2.45, 2.75) is 37.5 Å². The zero-order valence-corrected chi connectivity index (χ0v) is 12.9. The lowest BCUT2D eigenvalue weighted by Crippen LogP contribution is -2.29. The van der Waals surface area contributed by atoms with E-state index in [4.69, 9.17) is 9.47 Å². The number of rotatable bonds is 5. The van der Waals surface area contributed by atoms with Crippen LogP contribution >= 0.6 is 0 Å². The minimum Gasteiger partial charge on any atom is -0.496 e. The van der Waals surface area contributed by atoms with E-state index in [1.54, 1.807) is 20.1 Å². The van der Waals surface area contributed by atoms with Gasteiger partial charge < -0.3 is 9.47 Å². The predicted molar refractivity (Wildman–Crippen MR) is 78.8 cm³/mol. The first-order valence-electron chi connectivity index (χ1n) is 7.00. The van der Waals surface area contributed by atoms with E-state index in [1.807, 2.05) is 18.2 Å². The Hall–Kier alpha value is -1.07. The molecule has 0 saturated carbocycles. The average Bonchev–Trinajstić information content (AvgIpc) is 2.47. The fraction of sp³-hybridized carbons (Fsp3) is 0.600. The number of sulfone groups is 1. The van der Waals surface area contributed by atoms with Gasteiger partial charge in [-0.25, -0.2) is 8.42 Å². The number of hydrogen-bond acceptors (Lipinski definition) is 4. The average molecular weight is 298 g/mol. The van der Waals surface area contributed by atoms with E-state index in [1.165, 1.54) is 0 Å². The Kier molecular flexibility index (Phi) is 5.05. The molecule has 0 aromatic heterocycles. The Morgan fingerprint density at radius 1 is 1.35 bits per heavy atom. The van der Waals surface area contributed by atoms with Gasteiger partial charge in [0.2, 0.25) is 0 Å². The third-order valence-electron chi connectivity index (χ3n) is 3.81. The van der Waals surface area contributed by atoms with Gasteiger partial charge in [-0.2, -0.15) is 0 Å². The van der Waals surface area contributed by atoms with E-state index in [0.29, 0.717) is 17.9 Å². The number of methoxy groups -OCH3 is 1. The molecule has 1 aliphatic heterocycles. The van der Waals surface area contributed by atoms with E-state index in [-0.39, 0.29) is 11.9 Å². The van der Waals surface area contributed by atoms with Crippen molar-refractivity contribution in [3.05, 3.63) is 29.8 Å². The lowest BCUT2D eigenvalue weighted by molar-refractivity contribution is 0.0304. The maximum Gasteiger partial charge on any atom is 0.159 e. The summed E-state index contributed by atoms with van der Waals surface area (Å²) >= 11 is 0. The normalized spacial score (nSPS) is 21.4. The molecular weight excluding hydrogens is 276 g/mol. The molecule has 0 aliphatic carbocycles. The van der Waals surface area contributed by atoms with Crippen LogP contribution in [-0.2, 0) is 14.6 Å². The molecule has 0 amide bonds. The van der Waals surface area contributed by atoms with Crippen molar-refractivity contribution in [1.82, 2.24) is 0 Å². The van der Waals surface area contributed by atoms with Gasteiger partial charge in [-0.3, -0.25) is 0 Å². The fourth-order valence-corrected chi connectivity index (χ4v) is 4.19. The molecule has 1 aliphatic rings. The highest BCUT2D eigenvalue weighted by Crippen LogP contribution is 2.31. The molecule has 1 fully saturated rings. The molecule has 1 aromatic carbocycles. The zero-order valence-electron chi connectivity index (χ0n) is 12.0. The van der Waals surface area contributed by atoms with Crippen LogP contribution in [0.15, 0.2) is 24.3 Å². The van der Waals surface area contributed by atoms with Gasteiger partial charge in [0.25, 0.3) is 0 Å². The van der Waals surface area contributed by atoms with Crippen LogP contribution in [0.5, 0.6) is 5.75 Å². The van der Waals surface area contributed by atoms with Crippen molar-refractivity contribution in [3.8, 4) is 5.75 Å². The zero-order chi connectivity index (χ0) is 14.6. The Morgan fingerprint density at radius 2 is 2.10 bits per heavy atom. The highest BCUT2D eigenvalue weighted by atomic mass is 32.2. The van der Waals surface area contributed by atoms with Gasteiger partial charge in [-0.15, -0.1) is 0 Å². The molecule has 0 bridgehead atoms. The highest BCUT2D eigenvalue weighted by molar-refractivity contribution is 7.91. The Bertz CT molecular complexity index is 533. The molecule has 5 heteroatoms. The topological polar surface area (TPSA) is 52.6 Å². The summed E-state index contributed by atoms with van der Waals surface area (Å²) in [5.74, 6) is 0.708. The molecule has 2 atom stereocenters. The molecule has 0 spiro atoms. The minimum atomic E-state index is -3.25. The Labute approximate surface area is 121 Å². The van der Waals surface area contributed by atoms with Gasteiger partial charge in [0.1, 0.15) is 5.75 Å². The summed E-state index contributed by atoms with van der Waals surface area (Å²) in [6, 6.07) is 7.27. The van der Waals surface area contributed by atoms with Crippen molar-refractivity contribution < 1.29 is 17.9 Å². The molecule has 0 unspecified atom stereocenters. The molecular formula is C15H22O4S. The maximum absolute atomic E-state index is 12.5. The second-order valence-electron chi connectivity index (χ2n) is 5.20. The minimum absolute atomic E-state index is 0.0895. The largest absolute Gasteiger partial charge is 0.496 e. The molecule has 1 saturated heterocycles. The van der Waals surface area contributed by atoms with Crippen LogP contribution in [0.1, 0.15) is 37.0 Å². The number of para-hydroxylation sites is 1. The first-order chi connectivity index (χ1) is 9.54. The number of benzene rings is 1. The molecule has 0 radical (unpaired) electrons. The molecule has 2 rings (SSSR count). The summed E-state index contributed by atoms with van der Waals surface area (Å²) in [4.78, 5) is 0. The van der Waals surface area contributed by atoms with E-state index < -0.39 is 15.1 Å². The highest BCUT2D eigenvalue weighted by Gasteiger charge is 2.29. The number of hydrogen-bond donors (Lipinski definition) is 0. The SMILES string of the molecule is COc1ccccc1[C@H](C)S(=O)(=O)C[C@@H]1CCCCO1. The van der Waals surface area contributed by atoms with E-state index in [9.17, 15) is 8.42 Å². The van der Waals surface area contributed by atoms with Crippen molar-refractivity contribution in [1.29, 1.82) is 0 Å². The summed E-state index contributed by atoms with van der Waals surface area (Å²) < 4.78 is 35.9. The molecule has 0 N–H and O–H groups in total. The van der Waals surface area contributed by atoms with Crippen molar-refractivity contribution in [2.24, 2.45) is 0 Å². The lowest BCUT2D eigenvalue weighted by atomic mass is 10.1. The molecule has 112 valence electrons. The summed E-state index contributed by atoms with van der Waals surface area (Å²) in [7, 11) is -1.69. The van der Waals surface area contributed by atoms with Crippen LogP contribution in [0.2, 0.25) is 0 Å². The standard InChI is InChI=1S/C15H22O4S/c1-12(14-8-3-4-9-15(14)18-2)20(16,17)11-13-7-5-6-10-19-13/h3-4,8-9,12-13H,5-7,10-11H2,1-2H3/t12-,13-/m0/s1. The molecule has 1 heterocycles. The van der Waals surface area contributed by atoms with Crippen LogP contribution < -0.4 is 4.74 Å². The van der Waals surface area contributed by atoms with E-state index in [2.05, 4.69) is 0 Å². The summed E-state index contributed by atoms with van der Waals surface area (Å²) in [6.45, 7) is 2.39. The van der Waals surface area contributed by atoms with Crippen LogP contribution in [0.25, 0.3) is 0 Å². The van der Waals surface area contributed by atoms with Gasteiger partial charge in [-0.05, 0) is 32.3 Å². The predicted octanol–water partition coefficient (Wildman–Crippen LogP) is 2.74. The lowest BCUT2D eigenvalue weighted by Gasteiger charge is -2.24. The molecule has 20 heavy (non-hydrogen) atoms. The molecule has 4 nitrogen and oxygen atoms in total. The first kappa shape index (κ1) is 15.3. The van der Waals surface area contributed by atoms with Crippen LogP contribution in [0.4, 0.5) is 0 Å². The van der Waals surface area contributed by atoms with Gasteiger partial charge in [0.05, 0.1) is 24.2 Å². The fourth-order valence-electron chi connectivity index (χ4n) is 2.54. The van der Waals surface area contributed by atoms with Gasteiger partial charge >= 0.3 is 0 Å². The third-order valence-corrected chi connectivity index (χ3v) is 5.98. The second-order valence-corrected chi connectivity index (χ2v) is 7.57. The quantitative estimate of drug-likeness (QED) is 0.838. The van der Waals surface area contributed by atoms with Crippen LogP contribution in [0, 0.1) is 0 Å². The summed E-state index contributed by atoms with van der Waals surface area (Å²) in [6.07, 6.45) is 2.74. The maximum atomic E-state index is 12.5. The third kappa shape index (κ3) is 3.52. The first-order valence-corrected chi connectivity index (χ1v) is 8.72. The van der Waals surface area contributed by atoms with Crippen molar-refractivity contribution >= 4 is 9.84 Å². The number of ether oxygens (including phenoxy) is 2.